The monoisotopic (exact) mass is 378 g/mol. The van der Waals surface area contributed by atoms with E-state index in [1.54, 1.807) is 6.08 Å². The van der Waals surface area contributed by atoms with Crippen LogP contribution in [0, 0.1) is 22.7 Å². The first kappa shape index (κ1) is 19.6. The fourth-order valence-corrected chi connectivity index (χ4v) is 6.59. The molecule has 0 aromatic carbocycles. The predicted octanol–water partition coefficient (Wildman–Crippen LogP) is 1.94. The Morgan fingerprint density at radius 2 is 1.89 bits per heavy atom. The Kier molecular flexibility index (Phi) is 4.45. The molecular weight excluding hydrogens is 344 g/mol. The standard InChI is InChI=1S/C22H34O5/c1-12-5-6-15-20(2,3)16(24)7-8-21(15,4)14(12)10-22-17(25)9-13(11-23)18(26)19(22)27-22/h5,9,14-19,23-26H,6-8,10-11H2,1-4H3. The Morgan fingerprint density at radius 1 is 1.19 bits per heavy atom. The minimum atomic E-state index is -0.848. The molecule has 0 radical (unpaired) electrons. The number of aliphatic hydroxyl groups is 4. The van der Waals surface area contributed by atoms with Crippen molar-refractivity contribution < 1.29 is 25.2 Å². The summed E-state index contributed by atoms with van der Waals surface area (Å²) in [5.74, 6) is 0.601. The van der Waals surface area contributed by atoms with Crippen LogP contribution < -0.4 is 0 Å². The average molecular weight is 379 g/mol. The average Bonchev–Trinajstić information content (AvgIpc) is 3.35. The topological polar surface area (TPSA) is 93.5 Å². The highest BCUT2D eigenvalue weighted by molar-refractivity contribution is 5.33. The number of hydrogen-bond acceptors (Lipinski definition) is 5. The lowest BCUT2D eigenvalue weighted by molar-refractivity contribution is -0.119. The van der Waals surface area contributed by atoms with E-state index in [4.69, 9.17) is 4.74 Å². The van der Waals surface area contributed by atoms with Gasteiger partial charge in [0.1, 0.15) is 23.9 Å². The number of epoxide rings is 1. The number of hydrogen-bond donors (Lipinski definition) is 4. The highest BCUT2D eigenvalue weighted by atomic mass is 16.6. The summed E-state index contributed by atoms with van der Waals surface area (Å²) in [5.41, 5.74) is 0.880. The Labute approximate surface area is 161 Å². The van der Waals surface area contributed by atoms with E-state index in [-0.39, 0.29) is 29.5 Å². The van der Waals surface area contributed by atoms with E-state index in [2.05, 4.69) is 33.8 Å². The first-order chi connectivity index (χ1) is 12.6. The van der Waals surface area contributed by atoms with Gasteiger partial charge in [0.25, 0.3) is 0 Å². The second-order valence-electron chi connectivity index (χ2n) is 10.2. The summed E-state index contributed by atoms with van der Waals surface area (Å²) in [4.78, 5) is 0. The normalized spacial score (nSPS) is 51.0. The molecule has 0 bridgehead atoms. The Bertz CT molecular complexity index is 682. The zero-order valence-electron chi connectivity index (χ0n) is 16.9. The second kappa shape index (κ2) is 6.14. The number of fused-ring (bicyclic) bond motifs is 2. The van der Waals surface area contributed by atoms with Crippen LogP contribution in [0.25, 0.3) is 0 Å². The summed E-state index contributed by atoms with van der Waals surface area (Å²) in [6.07, 6.45) is 4.85. The number of rotatable bonds is 3. The summed E-state index contributed by atoms with van der Waals surface area (Å²) in [6.45, 7) is 8.59. The molecule has 0 aromatic rings. The highest BCUT2D eigenvalue weighted by Crippen LogP contribution is 2.63. The second-order valence-corrected chi connectivity index (χ2v) is 10.2. The molecule has 4 aliphatic rings. The number of aliphatic hydroxyl groups excluding tert-OH is 4. The van der Waals surface area contributed by atoms with Crippen LogP contribution in [-0.2, 0) is 4.74 Å². The molecule has 0 aromatic heterocycles. The summed E-state index contributed by atoms with van der Waals surface area (Å²) < 4.78 is 5.93. The molecule has 2 fully saturated rings. The molecule has 3 aliphatic carbocycles. The van der Waals surface area contributed by atoms with Gasteiger partial charge in [-0.25, -0.2) is 0 Å². The minimum absolute atomic E-state index is 0.0262. The van der Waals surface area contributed by atoms with Gasteiger partial charge in [0.2, 0.25) is 0 Å². The van der Waals surface area contributed by atoms with Crippen molar-refractivity contribution in [2.45, 2.75) is 83.4 Å². The third-order valence-corrected chi connectivity index (χ3v) is 8.55. The van der Waals surface area contributed by atoms with Gasteiger partial charge >= 0.3 is 0 Å². The van der Waals surface area contributed by atoms with Crippen molar-refractivity contribution in [2.24, 2.45) is 22.7 Å². The van der Waals surface area contributed by atoms with E-state index in [0.717, 1.165) is 19.3 Å². The van der Waals surface area contributed by atoms with E-state index < -0.39 is 23.9 Å². The zero-order chi connectivity index (χ0) is 19.8. The van der Waals surface area contributed by atoms with E-state index in [1.807, 2.05) is 0 Å². The third-order valence-electron chi connectivity index (χ3n) is 8.55. The first-order valence-electron chi connectivity index (χ1n) is 10.3. The molecule has 152 valence electrons. The van der Waals surface area contributed by atoms with Crippen LogP contribution in [0.2, 0.25) is 0 Å². The lowest BCUT2D eigenvalue weighted by Gasteiger charge is -2.58. The Balaban J connectivity index is 1.65. The molecule has 4 rings (SSSR count). The lowest BCUT2D eigenvalue weighted by Crippen LogP contribution is -2.55. The predicted molar refractivity (Wildman–Crippen MR) is 102 cm³/mol. The molecule has 8 atom stereocenters. The highest BCUT2D eigenvalue weighted by Gasteiger charge is 2.68. The maximum absolute atomic E-state index is 10.7. The largest absolute Gasteiger partial charge is 0.393 e. The maximum Gasteiger partial charge on any atom is 0.128 e. The van der Waals surface area contributed by atoms with Gasteiger partial charge in [-0.3, -0.25) is 0 Å². The summed E-state index contributed by atoms with van der Waals surface area (Å²) >= 11 is 0. The van der Waals surface area contributed by atoms with Gasteiger partial charge in [-0.2, -0.15) is 0 Å². The van der Waals surface area contributed by atoms with Crippen molar-refractivity contribution in [3.8, 4) is 0 Å². The van der Waals surface area contributed by atoms with Gasteiger partial charge < -0.3 is 25.2 Å². The van der Waals surface area contributed by atoms with Crippen LogP contribution in [0.3, 0.4) is 0 Å². The lowest BCUT2D eigenvalue weighted by atomic mass is 9.47. The van der Waals surface area contributed by atoms with Gasteiger partial charge in [-0.1, -0.05) is 32.4 Å². The van der Waals surface area contributed by atoms with Crippen LogP contribution in [0.1, 0.15) is 53.4 Å². The third kappa shape index (κ3) is 2.62. The van der Waals surface area contributed by atoms with Gasteiger partial charge in [-0.15, -0.1) is 0 Å². The number of ether oxygens (including phenoxy) is 1. The fraction of sp³-hybridized carbons (Fsp3) is 0.818. The van der Waals surface area contributed by atoms with Crippen LogP contribution in [0.5, 0.6) is 0 Å². The molecule has 1 saturated heterocycles. The van der Waals surface area contributed by atoms with E-state index in [1.165, 1.54) is 5.57 Å². The quantitative estimate of drug-likeness (QED) is 0.445. The molecule has 4 N–H and O–H groups in total. The van der Waals surface area contributed by atoms with Crippen molar-refractivity contribution in [1.82, 2.24) is 0 Å². The van der Waals surface area contributed by atoms with Gasteiger partial charge in [0, 0.05) is 0 Å². The first-order valence-corrected chi connectivity index (χ1v) is 10.3. The fourth-order valence-electron chi connectivity index (χ4n) is 6.59. The molecule has 0 spiro atoms. The van der Waals surface area contributed by atoms with Gasteiger partial charge in [0.15, 0.2) is 0 Å². The summed E-state index contributed by atoms with van der Waals surface area (Å²) in [7, 11) is 0. The summed E-state index contributed by atoms with van der Waals surface area (Å²) in [5, 5.41) is 41.2. The molecule has 0 amide bonds. The summed E-state index contributed by atoms with van der Waals surface area (Å²) in [6, 6.07) is 0. The molecule has 8 unspecified atom stereocenters. The number of allylic oxidation sites excluding steroid dienone is 2. The molecule has 1 heterocycles. The van der Waals surface area contributed by atoms with E-state index >= 15 is 0 Å². The van der Waals surface area contributed by atoms with Crippen molar-refractivity contribution in [3.63, 3.8) is 0 Å². The van der Waals surface area contributed by atoms with Crippen molar-refractivity contribution >= 4 is 0 Å². The van der Waals surface area contributed by atoms with Crippen LogP contribution in [0.4, 0.5) is 0 Å². The maximum atomic E-state index is 10.7. The smallest absolute Gasteiger partial charge is 0.128 e. The van der Waals surface area contributed by atoms with Crippen molar-refractivity contribution in [3.05, 3.63) is 23.3 Å². The van der Waals surface area contributed by atoms with Crippen LogP contribution in [-0.4, -0.2) is 57.0 Å². The molecule has 1 aliphatic heterocycles. The van der Waals surface area contributed by atoms with Crippen molar-refractivity contribution in [2.75, 3.05) is 6.61 Å². The Morgan fingerprint density at radius 3 is 2.56 bits per heavy atom. The molecular formula is C22H34O5. The molecule has 27 heavy (non-hydrogen) atoms. The molecule has 1 saturated carbocycles. The Hall–Kier alpha value is -0.720. The minimum Gasteiger partial charge on any atom is -0.393 e. The van der Waals surface area contributed by atoms with Crippen LogP contribution in [0.15, 0.2) is 23.3 Å². The zero-order valence-corrected chi connectivity index (χ0v) is 16.9. The van der Waals surface area contributed by atoms with Gasteiger partial charge in [-0.05, 0) is 66.9 Å². The van der Waals surface area contributed by atoms with E-state index in [0.29, 0.717) is 17.9 Å². The molecule has 5 nitrogen and oxygen atoms in total. The SMILES string of the molecule is CC1=CCC2C(C)(C)C(O)CCC2(C)C1CC12OC1C(O)C(CO)=CC2O. The van der Waals surface area contributed by atoms with Crippen molar-refractivity contribution in [1.29, 1.82) is 0 Å². The van der Waals surface area contributed by atoms with E-state index in [9.17, 15) is 20.4 Å². The van der Waals surface area contributed by atoms with Gasteiger partial charge in [0.05, 0.1) is 12.7 Å². The molecule has 5 heteroatoms. The van der Waals surface area contributed by atoms with Crippen LogP contribution >= 0.6 is 0 Å².